The first kappa shape index (κ1) is 19.5. The molecule has 7 heteroatoms. The van der Waals surface area contributed by atoms with E-state index >= 15 is 0 Å². The van der Waals surface area contributed by atoms with Crippen LogP contribution in [0.25, 0.3) is 16.7 Å². The van der Waals surface area contributed by atoms with E-state index in [1.165, 1.54) is 23.3 Å². The van der Waals surface area contributed by atoms with Crippen molar-refractivity contribution in [2.75, 3.05) is 0 Å². The molecule has 0 unspecified atom stereocenters. The molecule has 3 aromatic carbocycles. The monoisotopic (exact) mass is 430 g/mol. The molecule has 5 aromatic rings. The summed E-state index contributed by atoms with van der Waals surface area (Å²) in [6.07, 6.45) is 0. The highest BCUT2D eigenvalue weighted by Crippen LogP contribution is 2.25. The fourth-order valence-corrected chi connectivity index (χ4v) is 4.57. The van der Waals surface area contributed by atoms with Crippen molar-refractivity contribution < 1.29 is 4.39 Å². The van der Waals surface area contributed by atoms with Gasteiger partial charge in [-0.1, -0.05) is 65.9 Å². The molecule has 0 bridgehead atoms. The molecule has 0 spiro atoms. The first-order chi connectivity index (χ1) is 15.1. The highest BCUT2D eigenvalue weighted by Gasteiger charge is 2.17. The lowest BCUT2D eigenvalue weighted by molar-refractivity contribution is 0.626. The van der Waals surface area contributed by atoms with Crippen molar-refractivity contribution >= 4 is 28.4 Å². The molecule has 5 nitrogen and oxygen atoms in total. The fraction of sp³-hybridized carbons (Fsp3) is 0.125. The molecular formula is C24H19FN4OS. The highest BCUT2D eigenvalue weighted by atomic mass is 32.2. The summed E-state index contributed by atoms with van der Waals surface area (Å²) in [6.45, 7) is 2.36. The number of benzene rings is 3. The lowest BCUT2D eigenvalue weighted by Crippen LogP contribution is -2.24. The predicted molar refractivity (Wildman–Crippen MR) is 121 cm³/mol. The molecular weight excluding hydrogens is 411 g/mol. The topological polar surface area (TPSA) is 52.2 Å². The Balaban J connectivity index is 1.63. The second-order valence-electron chi connectivity index (χ2n) is 7.43. The van der Waals surface area contributed by atoms with Crippen LogP contribution in [0.4, 0.5) is 4.39 Å². The van der Waals surface area contributed by atoms with E-state index in [1.807, 2.05) is 34.7 Å². The van der Waals surface area contributed by atoms with E-state index in [0.717, 1.165) is 22.0 Å². The first-order valence-corrected chi connectivity index (χ1v) is 10.9. The van der Waals surface area contributed by atoms with Gasteiger partial charge in [-0.2, -0.15) is 0 Å². The quantitative estimate of drug-likeness (QED) is 0.375. The maximum absolute atomic E-state index is 13.3. The third-order valence-corrected chi connectivity index (χ3v) is 6.18. The molecule has 31 heavy (non-hydrogen) atoms. The molecule has 154 valence electrons. The second-order valence-corrected chi connectivity index (χ2v) is 8.37. The van der Waals surface area contributed by atoms with Crippen LogP contribution in [0.3, 0.4) is 0 Å². The molecule has 5 rings (SSSR count). The summed E-state index contributed by atoms with van der Waals surface area (Å²) in [5.74, 6) is 0.908. The Kier molecular flexibility index (Phi) is 5.03. The van der Waals surface area contributed by atoms with Crippen LogP contribution in [0.15, 0.2) is 82.7 Å². The van der Waals surface area contributed by atoms with Crippen LogP contribution < -0.4 is 5.56 Å². The zero-order valence-electron chi connectivity index (χ0n) is 16.8. The van der Waals surface area contributed by atoms with Crippen LogP contribution in [-0.2, 0) is 12.3 Å². The third kappa shape index (κ3) is 3.72. The number of halogens is 1. The maximum atomic E-state index is 13.3. The number of rotatable bonds is 5. The molecule has 2 heterocycles. The number of aromatic nitrogens is 4. The van der Waals surface area contributed by atoms with Crippen molar-refractivity contribution in [1.29, 1.82) is 0 Å². The second kappa shape index (κ2) is 8.00. The number of fused-ring (bicyclic) bond motifs is 3. The third-order valence-electron chi connectivity index (χ3n) is 5.18. The summed E-state index contributed by atoms with van der Waals surface area (Å²) in [6, 6.07) is 22.0. The van der Waals surface area contributed by atoms with E-state index in [9.17, 15) is 9.18 Å². The first-order valence-electron chi connectivity index (χ1n) is 9.89. The van der Waals surface area contributed by atoms with Crippen LogP contribution in [0.1, 0.15) is 16.7 Å². The maximum Gasteiger partial charge on any atom is 0.263 e. The van der Waals surface area contributed by atoms with Gasteiger partial charge in [0, 0.05) is 5.75 Å². The average Bonchev–Trinajstić information content (AvgIpc) is 3.21. The fourth-order valence-electron chi connectivity index (χ4n) is 3.69. The Bertz CT molecular complexity index is 1460. The Hall–Kier alpha value is -3.45. The van der Waals surface area contributed by atoms with E-state index in [1.54, 1.807) is 28.5 Å². The number of thioether (sulfide) groups is 1. The number of nitrogens with zero attached hydrogens (tertiary/aromatic N) is 4. The highest BCUT2D eigenvalue weighted by molar-refractivity contribution is 7.98. The van der Waals surface area contributed by atoms with Gasteiger partial charge in [0.1, 0.15) is 5.82 Å². The summed E-state index contributed by atoms with van der Waals surface area (Å²) < 4.78 is 16.8. The lowest BCUT2D eigenvalue weighted by atomic mass is 10.2. The average molecular weight is 431 g/mol. The van der Waals surface area contributed by atoms with Crippen molar-refractivity contribution in [3.8, 4) is 0 Å². The Morgan fingerprint density at radius 3 is 2.55 bits per heavy atom. The van der Waals surface area contributed by atoms with Gasteiger partial charge in [0.2, 0.25) is 5.78 Å². The van der Waals surface area contributed by atoms with Gasteiger partial charge in [0.15, 0.2) is 5.16 Å². The van der Waals surface area contributed by atoms with Gasteiger partial charge < -0.3 is 0 Å². The van der Waals surface area contributed by atoms with Crippen molar-refractivity contribution in [3.05, 3.63) is 106 Å². The van der Waals surface area contributed by atoms with Gasteiger partial charge in [-0.3, -0.25) is 13.8 Å². The predicted octanol–water partition coefficient (Wildman–Crippen LogP) is 4.83. The molecule has 2 aromatic heterocycles. The minimum atomic E-state index is -0.308. The van der Waals surface area contributed by atoms with Crippen LogP contribution in [0.2, 0.25) is 0 Å². The summed E-state index contributed by atoms with van der Waals surface area (Å²) in [7, 11) is 0. The summed E-state index contributed by atoms with van der Waals surface area (Å²) >= 11 is 1.58. The molecule has 0 N–H and O–H groups in total. The van der Waals surface area contributed by atoms with Crippen LogP contribution in [-0.4, -0.2) is 19.2 Å². The smallest absolute Gasteiger partial charge is 0.263 e. The summed E-state index contributed by atoms with van der Waals surface area (Å²) in [5.41, 5.74) is 3.86. The van der Waals surface area contributed by atoms with Crippen molar-refractivity contribution in [1.82, 2.24) is 19.2 Å². The van der Waals surface area contributed by atoms with Gasteiger partial charge in [-0.25, -0.2) is 4.39 Å². The van der Waals surface area contributed by atoms with Gasteiger partial charge in [0.25, 0.3) is 5.56 Å². The van der Waals surface area contributed by atoms with E-state index in [2.05, 4.69) is 35.3 Å². The van der Waals surface area contributed by atoms with E-state index in [-0.39, 0.29) is 17.9 Å². The molecule has 0 amide bonds. The zero-order chi connectivity index (χ0) is 21.4. The minimum absolute atomic E-state index is 0.143. The summed E-state index contributed by atoms with van der Waals surface area (Å²) in [4.78, 5) is 13.2. The van der Waals surface area contributed by atoms with Gasteiger partial charge in [0.05, 0.1) is 17.4 Å². The minimum Gasteiger partial charge on any atom is -0.272 e. The normalized spacial score (nSPS) is 11.4. The van der Waals surface area contributed by atoms with Crippen molar-refractivity contribution in [3.63, 3.8) is 0 Å². The lowest BCUT2D eigenvalue weighted by Gasteiger charge is -2.11. The Morgan fingerprint density at radius 2 is 1.74 bits per heavy atom. The number of hydrogen-bond acceptors (Lipinski definition) is 4. The molecule has 0 atom stereocenters. The SMILES string of the molecule is Cc1cccc(CSc2nnc3n(Cc4ccc(F)cc4)c(=O)c4ccccc4n23)c1. The van der Waals surface area contributed by atoms with Gasteiger partial charge in [-0.05, 0) is 42.3 Å². The van der Waals surface area contributed by atoms with Crippen molar-refractivity contribution in [2.45, 2.75) is 24.4 Å². The molecule has 0 aliphatic heterocycles. The number of aryl methyl sites for hydroxylation is 1. The number of hydrogen-bond donors (Lipinski definition) is 0. The van der Waals surface area contributed by atoms with Crippen LogP contribution in [0.5, 0.6) is 0 Å². The zero-order valence-corrected chi connectivity index (χ0v) is 17.6. The number of para-hydroxylation sites is 1. The van der Waals surface area contributed by atoms with Crippen LogP contribution in [0, 0.1) is 12.7 Å². The standard InChI is InChI=1S/C24H19FN4OS/c1-16-5-4-6-18(13-16)15-31-24-27-26-23-28(14-17-9-11-19(25)12-10-17)22(30)20-7-2-3-8-21(20)29(23)24/h2-13H,14-15H2,1H3. The molecule has 0 aliphatic carbocycles. The van der Waals surface area contributed by atoms with Gasteiger partial charge >= 0.3 is 0 Å². The Labute approximate surface area is 182 Å². The van der Waals surface area contributed by atoms with Gasteiger partial charge in [-0.15, -0.1) is 10.2 Å². The molecule has 0 aliphatic rings. The molecule has 0 fully saturated rings. The largest absolute Gasteiger partial charge is 0.272 e. The van der Waals surface area contributed by atoms with E-state index in [0.29, 0.717) is 11.2 Å². The molecule has 0 radical (unpaired) electrons. The van der Waals surface area contributed by atoms with E-state index in [4.69, 9.17) is 0 Å². The molecule has 0 saturated heterocycles. The summed E-state index contributed by atoms with van der Waals surface area (Å²) in [5, 5.41) is 10.1. The molecule has 0 saturated carbocycles. The van der Waals surface area contributed by atoms with E-state index < -0.39 is 0 Å². The Morgan fingerprint density at radius 1 is 0.935 bits per heavy atom. The van der Waals surface area contributed by atoms with Crippen LogP contribution >= 0.6 is 11.8 Å². The van der Waals surface area contributed by atoms with Crippen molar-refractivity contribution in [2.24, 2.45) is 0 Å².